The van der Waals surface area contributed by atoms with Crippen LogP contribution in [-0.4, -0.2) is 18.2 Å². The molecule has 2 aromatic rings. The summed E-state index contributed by atoms with van der Waals surface area (Å²) in [7, 11) is 1.49. The fourth-order valence-corrected chi connectivity index (χ4v) is 1.81. The van der Waals surface area contributed by atoms with Crippen LogP contribution in [0, 0.1) is 11.3 Å². The van der Waals surface area contributed by atoms with Gasteiger partial charge < -0.3 is 14.6 Å². The summed E-state index contributed by atoms with van der Waals surface area (Å²) in [6, 6.07) is 13.5. The quantitative estimate of drug-likeness (QED) is 0.912. The van der Waals surface area contributed by atoms with E-state index < -0.39 is 5.97 Å². The highest BCUT2D eigenvalue weighted by Crippen LogP contribution is 2.28. The fraction of sp³-hybridized carbons (Fsp3) is 0.125. The molecule has 0 saturated carbocycles. The van der Waals surface area contributed by atoms with E-state index >= 15 is 0 Å². The van der Waals surface area contributed by atoms with Crippen molar-refractivity contribution in [2.45, 2.75) is 6.61 Å². The van der Waals surface area contributed by atoms with Gasteiger partial charge in [0, 0.05) is 0 Å². The van der Waals surface area contributed by atoms with Gasteiger partial charge in [0.25, 0.3) is 0 Å². The number of carbonyl (C=O) groups is 1. The number of rotatable bonds is 5. The lowest BCUT2D eigenvalue weighted by Gasteiger charge is -2.11. The second-order valence-corrected chi connectivity index (χ2v) is 4.27. The van der Waals surface area contributed by atoms with Gasteiger partial charge in [-0.05, 0) is 35.9 Å². The first-order chi connectivity index (χ1) is 10.1. The zero-order chi connectivity index (χ0) is 15.2. The molecular weight excluding hydrogens is 270 g/mol. The minimum absolute atomic E-state index is 0.122. The second kappa shape index (κ2) is 6.44. The number of ether oxygens (including phenoxy) is 2. The lowest BCUT2D eigenvalue weighted by molar-refractivity contribution is 0.0696. The molecule has 0 spiro atoms. The number of carboxylic acids is 1. The molecule has 106 valence electrons. The maximum Gasteiger partial charge on any atom is 0.335 e. The summed E-state index contributed by atoms with van der Waals surface area (Å²) in [4.78, 5) is 11.0. The summed E-state index contributed by atoms with van der Waals surface area (Å²) >= 11 is 0. The van der Waals surface area contributed by atoms with Crippen LogP contribution in [0.25, 0.3) is 0 Å². The highest BCUT2D eigenvalue weighted by atomic mass is 16.5. The van der Waals surface area contributed by atoms with Crippen molar-refractivity contribution in [1.82, 2.24) is 0 Å². The van der Waals surface area contributed by atoms with E-state index in [1.807, 2.05) is 6.07 Å². The van der Waals surface area contributed by atoms with Crippen molar-refractivity contribution >= 4 is 5.97 Å². The van der Waals surface area contributed by atoms with Crippen molar-refractivity contribution in [1.29, 1.82) is 5.26 Å². The van der Waals surface area contributed by atoms with Gasteiger partial charge in [-0.2, -0.15) is 5.26 Å². The minimum atomic E-state index is -1.03. The smallest absolute Gasteiger partial charge is 0.335 e. The molecule has 2 aromatic carbocycles. The van der Waals surface area contributed by atoms with Crippen LogP contribution in [-0.2, 0) is 6.61 Å². The molecular formula is C16H13NO4. The van der Waals surface area contributed by atoms with Crippen molar-refractivity contribution in [3.63, 3.8) is 0 Å². The van der Waals surface area contributed by atoms with Gasteiger partial charge in [0.1, 0.15) is 6.61 Å². The third-order valence-corrected chi connectivity index (χ3v) is 2.86. The van der Waals surface area contributed by atoms with Crippen LogP contribution in [0.15, 0.2) is 42.5 Å². The van der Waals surface area contributed by atoms with Crippen LogP contribution in [0.1, 0.15) is 21.5 Å². The molecule has 0 bridgehead atoms. The van der Waals surface area contributed by atoms with Gasteiger partial charge in [-0.1, -0.05) is 12.1 Å². The number of hydrogen-bond acceptors (Lipinski definition) is 4. The van der Waals surface area contributed by atoms with Crippen molar-refractivity contribution in [3.8, 4) is 17.6 Å². The minimum Gasteiger partial charge on any atom is -0.493 e. The van der Waals surface area contributed by atoms with Crippen LogP contribution in [0.2, 0.25) is 0 Å². The van der Waals surface area contributed by atoms with Crippen molar-refractivity contribution in [3.05, 3.63) is 59.2 Å². The van der Waals surface area contributed by atoms with Crippen LogP contribution >= 0.6 is 0 Å². The number of hydrogen-bond donors (Lipinski definition) is 1. The number of methoxy groups -OCH3 is 1. The zero-order valence-electron chi connectivity index (χ0n) is 11.4. The second-order valence-electron chi connectivity index (χ2n) is 4.27. The SMILES string of the molecule is COc1ccc(C(=O)O)cc1OCc1cccc(C#N)c1. The molecule has 0 aliphatic rings. The normalized spacial score (nSPS) is 9.71. The molecule has 0 fully saturated rings. The van der Waals surface area contributed by atoms with Crippen molar-refractivity contribution in [2.24, 2.45) is 0 Å². The summed E-state index contributed by atoms with van der Waals surface area (Å²) in [5.74, 6) is -0.231. The summed E-state index contributed by atoms with van der Waals surface area (Å²) in [5.41, 5.74) is 1.48. The average molecular weight is 283 g/mol. The summed E-state index contributed by atoms with van der Waals surface area (Å²) in [5, 5.41) is 17.8. The lowest BCUT2D eigenvalue weighted by Crippen LogP contribution is -2.01. The Kier molecular flexibility index (Phi) is 4.42. The van der Waals surface area contributed by atoms with E-state index in [0.717, 1.165) is 5.56 Å². The molecule has 0 aliphatic heterocycles. The number of nitriles is 1. The van der Waals surface area contributed by atoms with Gasteiger partial charge >= 0.3 is 5.97 Å². The molecule has 0 heterocycles. The maximum atomic E-state index is 11.0. The largest absolute Gasteiger partial charge is 0.493 e. The first-order valence-corrected chi connectivity index (χ1v) is 6.17. The molecule has 0 atom stereocenters. The molecule has 5 nitrogen and oxygen atoms in total. The Morgan fingerprint density at radius 2 is 2.05 bits per heavy atom. The monoisotopic (exact) mass is 283 g/mol. The molecule has 21 heavy (non-hydrogen) atoms. The Labute approximate surface area is 122 Å². The third kappa shape index (κ3) is 3.51. The van der Waals surface area contributed by atoms with E-state index in [1.54, 1.807) is 24.3 Å². The van der Waals surface area contributed by atoms with E-state index in [4.69, 9.17) is 19.8 Å². The van der Waals surface area contributed by atoms with Crippen LogP contribution in [0.3, 0.4) is 0 Å². The Morgan fingerprint density at radius 1 is 1.24 bits per heavy atom. The molecule has 0 amide bonds. The van der Waals surface area contributed by atoms with Crippen LogP contribution < -0.4 is 9.47 Å². The molecule has 0 aromatic heterocycles. The predicted octanol–water partition coefficient (Wildman–Crippen LogP) is 2.84. The Bertz CT molecular complexity index is 704. The molecule has 0 aliphatic carbocycles. The number of carboxylic acid groups (broad SMARTS) is 1. The van der Waals surface area contributed by atoms with Gasteiger partial charge in [0.05, 0.1) is 24.3 Å². The highest BCUT2D eigenvalue weighted by Gasteiger charge is 2.10. The predicted molar refractivity (Wildman–Crippen MR) is 75.4 cm³/mol. The zero-order valence-corrected chi connectivity index (χ0v) is 11.4. The number of nitrogens with zero attached hydrogens (tertiary/aromatic N) is 1. The molecule has 5 heteroatoms. The molecule has 1 N–H and O–H groups in total. The van der Waals surface area contributed by atoms with E-state index in [9.17, 15) is 4.79 Å². The standard InChI is InChI=1S/C16H13NO4/c1-20-14-6-5-13(16(18)19)8-15(14)21-10-12-4-2-3-11(7-12)9-17/h2-8H,10H2,1H3,(H,18,19). The average Bonchev–Trinajstić information content (AvgIpc) is 2.52. The molecule has 0 saturated heterocycles. The van der Waals surface area contributed by atoms with Gasteiger partial charge in [0.15, 0.2) is 11.5 Å². The first-order valence-electron chi connectivity index (χ1n) is 6.17. The summed E-state index contributed by atoms with van der Waals surface area (Å²) in [6.45, 7) is 0.217. The Balaban J connectivity index is 2.20. The number of benzene rings is 2. The van der Waals surface area contributed by atoms with E-state index in [2.05, 4.69) is 6.07 Å². The van der Waals surface area contributed by atoms with E-state index in [-0.39, 0.29) is 12.2 Å². The van der Waals surface area contributed by atoms with Gasteiger partial charge in [-0.3, -0.25) is 0 Å². The van der Waals surface area contributed by atoms with Gasteiger partial charge in [0.2, 0.25) is 0 Å². The van der Waals surface area contributed by atoms with E-state index in [1.165, 1.54) is 19.2 Å². The summed E-state index contributed by atoms with van der Waals surface area (Å²) < 4.78 is 10.7. The summed E-state index contributed by atoms with van der Waals surface area (Å²) in [6.07, 6.45) is 0. The van der Waals surface area contributed by atoms with Gasteiger partial charge in [-0.15, -0.1) is 0 Å². The Morgan fingerprint density at radius 3 is 2.71 bits per heavy atom. The topological polar surface area (TPSA) is 79.6 Å². The molecule has 0 radical (unpaired) electrons. The fourth-order valence-electron chi connectivity index (χ4n) is 1.81. The molecule has 2 rings (SSSR count). The number of aromatic carboxylic acids is 1. The highest BCUT2D eigenvalue weighted by molar-refractivity contribution is 5.88. The van der Waals surface area contributed by atoms with Crippen LogP contribution in [0.5, 0.6) is 11.5 Å². The van der Waals surface area contributed by atoms with E-state index in [0.29, 0.717) is 17.1 Å². The molecule has 0 unspecified atom stereocenters. The van der Waals surface area contributed by atoms with Crippen LogP contribution in [0.4, 0.5) is 0 Å². The maximum absolute atomic E-state index is 11.0. The van der Waals surface area contributed by atoms with Gasteiger partial charge in [-0.25, -0.2) is 4.79 Å². The third-order valence-electron chi connectivity index (χ3n) is 2.86. The first kappa shape index (κ1) is 14.4. The van der Waals surface area contributed by atoms with Crippen molar-refractivity contribution < 1.29 is 19.4 Å². The van der Waals surface area contributed by atoms with Crippen molar-refractivity contribution in [2.75, 3.05) is 7.11 Å². The lowest BCUT2D eigenvalue weighted by atomic mass is 10.1. The Hall–Kier alpha value is -3.00.